The molecular weight excluding hydrogens is 324 g/mol. The van der Waals surface area contributed by atoms with E-state index in [0.717, 1.165) is 26.4 Å². The van der Waals surface area contributed by atoms with E-state index in [4.69, 9.17) is 14.2 Å². The van der Waals surface area contributed by atoms with E-state index in [-0.39, 0.29) is 0 Å². The minimum absolute atomic E-state index is 0.392. The van der Waals surface area contributed by atoms with Crippen LogP contribution in [0.4, 0.5) is 0 Å². The molecule has 0 bridgehead atoms. The summed E-state index contributed by atoms with van der Waals surface area (Å²) in [5.74, 6) is 0. The Morgan fingerprint density at radius 1 is 0.769 bits per heavy atom. The first-order valence-electron chi connectivity index (χ1n) is 10.7. The second-order valence-corrected chi connectivity index (χ2v) is 7.51. The smallest absolute Gasteiger partial charge is 0.104 e. The summed E-state index contributed by atoms with van der Waals surface area (Å²) < 4.78 is 15.1. The maximum atomic E-state index is 5.23. The van der Waals surface area contributed by atoms with E-state index < -0.39 is 0 Å². The van der Waals surface area contributed by atoms with E-state index in [1.54, 1.807) is 0 Å². The lowest BCUT2D eigenvalue weighted by Gasteiger charge is -2.02. The molecule has 148 valence electrons. The van der Waals surface area contributed by atoms with Crippen molar-refractivity contribution in [1.29, 1.82) is 0 Å². The van der Waals surface area contributed by atoms with Crippen molar-refractivity contribution in [3.63, 3.8) is 0 Å². The fraction of sp³-hybridized carbons (Fsp3) is 0.739. The van der Waals surface area contributed by atoms with Gasteiger partial charge in [0.25, 0.3) is 0 Å². The Morgan fingerprint density at radius 3 is 1.77 bits per heavy atom. The van der Waals surface area contributed by atoms with E-state index in [0.29, 0.717) is 12.2 Å². The molecule has 3 heteroatoms. The van der Waals surface area contributed by atoms with Gasteiger partial charge in [-0.15, -0.1) is 0 Å². The van der Waals surface area contributed by atoms with Crippen molar-refractivity contribution in [3.05, 3.63) is 35.9 Å². The number of rotatable bonds is 14. The van der Waals surface area contributed by atoms with E-state index in [1.807, 2.05) is 0 Å². The van der Waals surface area contributed by atoms with Gasteiger partial charge in [0.2, 0.25) is 0 Å². The molecule has 3 rings (SSSR count). The van der Waals surface area contributed by atoms with Crippen molar-refractivity contribution in [2.75, 3.05) is 26.4 Å². The van der Waals surface area contributed by atoms with Gasteiger partial charge >= 0.3 is 0 Å². The summed E-state index contributed by atoms with van der Waals surface area (Å²) in [5.41, 5.74) is 1.50. The Balaban J connectivity index is 0.000000223. The van der Waals surface area contributed by atoms with Gasteiger partial charge < -0.3 is 14.2 Å². The topological polar surface area (TPSA) is 34.3 Å². The highest BCUT2D eigenvalue weighted by atomic mass is 16.6. The third-order valence-corrected chi connectivity index (χ3v) is 4.82. The molecule has 2 heterocycles. The van der Waals surface area contributed by atoms with Gasteiger partial charge in [-0.25, -0.2) is 0 Å². The predicted octanol–water partition coefficient (Wildman–Crippen LogP) is 5.56. The van der Waals surface area contributed by atoms with Gasteiger partial charge in [0, 0.05) is 0 Å². The molecule has 26 heavy (non-hydrogen) atoms. The van der Waals surface area contributed by atoms with Crippen LogP contribution in [0, 0.1) is 0 Å². The highest BCUT2D eigenvalue weighted by Crippen LogP contribution is 2.13. The van der Waals surface area contributed by atoms with Crippen LogP contribution in [0.15, 0.2) is 30.3 Å². The van der Waals surface area contributed by atoms with Gasteiger partial charge in [0.05, 0.1) is 26.4 Å². The number of benzene rings is 1. The molecule has 3 nitrogen and oxygen atoms in total. The largest absolute Gasteiger partial charge is 0.376 e. The maximum absolute atomic E-state index is 5.23. The second-order valence-electron chi connectivity index (χ2n) is 7.51. The van der Waals surface area contributed by atoms with Crippen molar-refractivity contribution in [1.82, 2.24) is 0 Å². The highest BCUT2D eigenvalue weighted by molar-refractivity contribution is 5.14. The van der Waals surface area contributed by atoms with Crippen LogP contribution in [0.1, 0.15) is 70.3 Å². The molecule has 2 saturated heterocycles. The fourth-order valence-corrected chi connectivity index (χ4v) is 2.94. The fourth-order valence-electron chi connectivity index (χ4n) is 2.94. The lowest BCUT2D eigenvalue weighted by Crippen LogP contribution is -2.06. The molecule has 0 aliphatic carbocycles. The zero-order valence-electron chi connectivity index (χ0n) is 16.7. The van der Waals surface area contributed by atoms with Crippen LogP contribution < -0.4 is 0 Å². The van der Waals surface area contributed by atoms with Crippen LogP contribution in [0.25, 0.3) is 0 Å². The van der Waals surface area contributed by atoms with Crippen molar-refractivity contribution < 1.29 is 14.2 Å². The molecular formula is C23H38O3. The van der Waals surface area contributed by atoms with E-state index in [2.05, 4.69) is 37.3 Å². The monoisotopic (exact) mass is 362 g/mol. The number of hydrogen-bond acceptors (Lipinski definition) is 3. The zero-order chi connectivity index (χ0) is 18.3. The van der Waals surface area contributed by atoms with Crippen molar-refractivity contribution >= 4 is 0 Å². The van der Waals surface area contributed by atoms with Gasteiger partial charge in [-0.05, 0) is 18.4 Å². The van der Waals surface area contributed by atoms with Crippen LogP contribution in [-0.2, 0) is 20.6 Å². The Hall–Kier alpha value is -0.900. The minimum atomic E-state index is 0.392. The van der Waals surface area contributed by atoms with Crippen LogP contribution >= 0.6 is 0 Å². The van der Waals surface area contributed by atoms with Crippen LogP contribution in [0.5, 0.6) is 0 Å². The Morgan fingerprint density at radius 2 is 1.27 bits per heavy atom. The summed E-state index contributed by atoms with van der Waals surface area (Å²) in [6.45, 7) is 5.54. The van der Waals surface area contributed by atoms with Gasteiger partial charge in [0.1, 0.15) is 12.2 Å². The first-order valence-corrected chi connectivity index (χ1v) is 10.7. The van der Waals surface area contributed by atoms with Gasteiger partial charge in [0.15, 0.2) is 0 Å². The summed E-state index contributed by atoms with van der Waals surface area (Å²) in [5, 5.41) is 0. The Kier molecular flexibility index (Phi) is 11.7. The number of aryl methyl sites for hydroxylation is 1. The van der Waals surface area contributed by atoms with E-state index in [9.17, 15) is 0 Å². The standard InChI is InChI=1S/C17H28.C6H10O3/c1-2-3-4-5-6-7-8-9-11-14-17-15-12-10-13-16-17;1(5-3-8-5)7-2-6-4-9-6/h10,12-13,15-16H,2-9,11,14H2,1H3;5-6H,1-4H2. The zero-order valence-corrected chi connectivity index (χ0v) is 16.7. The molecule has 0 N–H and O–H groups in total. The van der Waals surface area contributed by atoms with Gasteiger partial charge in [-0.2, -0.15) is 0 Å². The molecule has 2 aliphatic heterocycles. The van der Waals surface area contributed by atoms with Gasteiger partial charge in [-0.3, -0.25) is 0 Å². The molecule has 1 aromatic rings. The summed E-state index contributed by atoms with van der Waals surface area (Å²) in [6, 6.07) is 10.9. The number of ether oxygens (including phenoxy) is 3. The molecule has 0 radical (unpaired) electrons. The summed E-state index contributed by atoms with van der Waals surface area (Å²) >= 11 is 0. The van der Waals surface area contributed by atoms with E-state index in [1.165, 1.54) is 69.8 Å². The number of hydrogen-bond donors (Lipinski definition) is 0. The molecule has 0 amide bonds. The molecule has 1 aromatic carbocycles. The van der Waals surface area contributed by atoms with Crippen LogP contribution in [0.3, 0.4) is 0 Å². The first-order chi connectivity index (χ1) is 12.9. The third-order valence-electron chi connectivity index (χ3n) is 4.82. The molecule has 2 atom stereocenters. The van der Waals surface area contributed by atoms with E-state index >= 15 is 0 Å². The Labute approximate surface area is 160 Å². The molecule has 2 fully saturated rings. The maximum Gasteiger partial charge on any atom is 0.104 e. The lowest BCUT2D eigenvalue weighted by molar-refractivity contribution is 0.102. The van der Waals surface area contributed by atoms with Crippen LogP contribution in [0.2, 0.25) is 0 Å². The number of epoxide rings is 2. The second kappa shape index (κ2) is 14.2. The minimum Gasteiger partial charge on any atom is -0.376 e. The molecule has 2 aliphatic rings. The quantitative estimate of drug-likeness (QED) is 0.321. The molecule has 0 spiro atoms. The average molecular weight is 363 g/mol. The van der Waals surface area contributed by atoms with Crippen molar-refractivity contribution in [2.45, 2.75) is 83.3 Å². The first kappa shape index (κ1) is 21.4. The van der Waals surface area contributed by atoms with Crippen molar-refractivity contribution in [3.8, 4) is 0 Å². The summed E-state index contributed by atoms with van der Waals surface area (Å²) in [4.78, 5) is 0. The number of unbranched alkanes of at least 4 members (excludes halogenated alkanes) is 8. The molecule has 0 aromatic heterocycles. The predicted molar refractivity (Wildman–Crippen MR) is 108 cm³/mol. The van der Waals surface area contributed by atoms with Crippen LogP contribution in [-0.4, -0.2) is 38.6 Å². The summed E-state index contributed by atoms with van der Waals surface area (Å²) in [7, 11) is 0. The SMILES string of the molecule is C(OCC1CO1)C1CO1.CCCCCCCCCCCc1ccccc1. The highest BCUT2D eigenvalue weighted by Gasteiger charge is 2.26. The average Bonchev–Trinajstić information content (AvgIpc) is 3.58. The van der Waals surface area contributed by atoms with Crippen molar-refractivity contribution in [2.24, 2.45) is 0 Å². The lowest BCUT2D eigenvalue weighted by atomic mass is 10.0. The third kappa shape index (κ3) is 12.5. The summed E-state index contributed by atoms with van der Waals surface area (Å²) in [6.07, 6.45) is 14.8. The molecule has 0 saturated carbocycles. The molecule has 2 unspecified atom stereocenters. The Bertz CT molecular complexity index is 414. The normalized spacial score (nSPS) is 20.3. The van der Waals surface area contributed by atoms with Gasteiger partial charge in [-0.1, -0.05) is 88.6 Å².